The van der Waals surface area contributed by atoms with Crippen molar-refractivity contribution < 1.29 is 14.3 Å². The monoisotopic (exact) mass is 398 g/mol. The first-order valence-electron chi connectivity index (χ1n) is 8.72. The normalized spacial score (nSPS) is 11.3. The highest BCUT2D eigenvalue weighted by molar-refractivity contribution is 7.99. The van der Waals surface area contributed by atoms with E-state index >= 15 is 0 Å². The van der Waals surface area contributed by atoms with Gasteiger partial charge in [0.15, 0.2) is 16.7 Å². The Kier molecular flexibility index (Phi) is 6.20. The fourth-order valence-corrected chi connectivity index (χ4v) is 3.41. The number of aromatic nitrogens is 2. The average molecular weight is 398 g/mol. The average Bonchev–Trinajstić information content (AvgIpc) is 3.08. The minimum atomic E-state index is -0.312. The molecule has 3 rings (SSSR count). The minimum Gasteiger partial charge on any atom is -0.493 e. The van der Waals surface area contributed by atoms with Crippen molar-refractivity contribution in [3.05, 3.63) is 47.5 Å². The van der Waals surface area contributed by atoms with Gasteiger partial charge in [-0.3, -0.25) is 4.79 Å². The molecule has 1 heterocycles. The second kappa shape index (κ2) is 8.79. The Hall–Kier alpha value is -3.00. The number of fused-ring (bicyclic) bond motifs is 1. The molecule has 0 aliphatic carbocycles. The van der Waals surface area contributed by atoms with Gasteiger partial charge in [0.05, 0.1) is 31.5 Å². The van der Waals surface area contributed by atoms with Gasteiger partial charge in [-0.15, -0.1) is 0 Å². The number of H-pyrrole nitrogens is 1. The van der Waals surface area contributed by atoms with Gasteiger partial charge < -0.3 is 14.5 Å². The van der Waals surface area contributed by atoms with Crippen molar-refractivity contribution in [3.8, 4) is 11.5 Å². The molecule has 0 saturated heterocycles. The Morgan fingerprint density at radius 2 is 2.07 bits per heavy atom. The van der Waals surface area contributed by atoms with Crippen molar-refractivity contribution in [1.82, 2.24) is 15.4 Å². The molecular formula is C20H22N4O3S. The summed E-state index contributed by atoms with van der Waals surface area (Å²) in [6, 6.07) is 10.7. The molecular weight excluding hydrogens is 376 g/mol. The molecule has 28 heavy (non-hydrogen) atoms. The Balaban J connectivity index is 1.73. The molecule has 2 N–H and O–H groups in total. The predicted molar refractivity (Wildman–Crippen MR) is 112 cm³/mol. The highest BCUT2D eigenvalue weighted by Gasteiger charge is 2.11. The van der Waals surface area contributed by atoms with Crippen molar-refractivity contribution in [2.24, 2.45) is 5.10 Å². The second-order valence-corrected chi connectivity index (χ2v) is 7.79. The minimum absolute atomic E-state index is 0.312. The highest BCUT2D eigenvalue weighted by Crippen LogP contribution is 2.29. The summed E-state index contributed by atoms with van der Waals surface area (Å²) in [6.07, 6.45) is 1.52. The van der Waals surface area contributed by atoms with Crippen LogP contribution >= 0.6 is 11.8 Å². The predicted octanol–water partition coefficient (Wildman–Crippen LogP) is 3.84. The lowest BCUT2D eigenvalue weighted by atomic mass is 10.2. The Bertz CT molecular complexity index is 1010. The number of imidazole rings is 1. The van der Waals surface area contributed by atoms with E-state index in [1.54, 1.807) is 44.2 Å². The largest absolute Gasteiger partial charge is 0.493 e. The van der Waals surface area contributed by atoms with E-state index < -0.39 is 0 Å². The third kappa shape index (κ3) is 4.45. The molecule has 0 aliphatic heterocycles. The molecule has 2 aromatic carbocycles. The smallest absolute Gasteiger partial charge is 0.271 e. The van der Waals surface area contributed by atoms with Crippen LogP contribution in [0.1, 0.15) is 29.8 Å². The van der Waals surface area contributed by atoms with Crippen LogP contribution in [-0.4, -0.2) is 41.6 Å². The molecule has 3 aromatic rings. The number of aromatic amines is 1. The lowest BCUT2D eigenvalue weighted by molar-refractivity contribution is 0.0955. The van der Waals surface area contributed by atoms with Crippen LogP contribution in [0.3, 0.4) is 0 Å². The number of rotatable bonds is 7. The van der Waals surface area contributed by atoms with E-state index in [0.29, 0.717) is 27.9 Å². The fraction of sp³-hybridized carbons (Fsp3) is 0.250. The topological polar surface area (TPSA) is 88.6 Å². The molecule has 0 radical (unpaired) electrons. The van der Waals surface area contributed by atoms with Gasteiger partial charge in [-0.2, -0.15) is 5.10 Å². The number of methoxy groups -OCH3 is 2. The summed E-state index contributed by atoms with van der Waals surface area (Å²) < 4.78 is 10.6. The Labute approximate surface area is 167 Å². The van der Waals surface area contributed by atoms with Crippen LogP contribution in [0.5, 0.6) is 11.5 Å². The number of hydrogen-bond donors (Lipinski definition) is 2. The molecule has 0 fully saturated rings. The second-order valence-electron chi connectivity index (χ2n) is 6.22. The molecule has 7 nitrogen and oxygen atoms in total. The van der Waals surface area contributed by atoms with Gasteiger partial charge in [-0.05, 0) is 30.3 Å². The SMILES string of the molecule is COc1cccc(/C=N\NC(=O)c2ccc3nc(SC(C)C)[nH]c3c2)c1OC. The molecule has 0 bridgehead atoms. The number of benzene rings is 2. The maximum Gasteiger partial charge on any atom is 0.271 e. The molecule has 146 valence electrons. The number of carbonyl (C=O) groups is 1. The first-order chi connectivity index (χ1) is 13.5. The molecule has 1 amide bonds. The van der Waals surface area contributed by atoms with Crippen molar-refractivity contribution in [2.45, 2.75) is 24.3 Å². The number of para-hydroxylation sites is 1. The van der Waals surface area contributed by atoms with Crippen LogP contribution in [0.25, 0.3) is 11.0 Å². The third-order valence-corrected chi connectivity index (χ3v) is 4.76. The lowest BCUT2D eigenvalue weighted by Crippen LogP contribution is -2.17. The highest BCUT2D eigenvalue weighted by atomic mass is 32.2. The van der Waals surface area contributed by atoms with Gasteiger partial charge in [-0.1, -0.05) is 31.7 Å². The summed E-state index contributed by atoms with van der Waals surface area (Å²) in [4.78, 5) is 20.2. The van der Waals surface area contributed by atoms with Crippen LogP contribution in [-0.2, 0) is 0 Å². The van der Waals surface area contributed by atoms with Gasteiger partial charge >= 0.3 is 0 Å². The third-order valence-electron chi connectivity index (χ3n) is 3.87. The quantitative estimate of drug-likeness (QED) is 0.359. The number of amides is 1. The summed E-state index contributed by atoms with van der Waals surface area (Å²) in [5.74, 6) is 0.835. The number of hydrazone groups is 1. The van der Waals surface area contributed by atoms with E-state index in [0.717, 1.165) is 16.2 Å². The molecule has 0 unspecified atom stereocenters. The van der Waals surface area contributed by atoms with Crippen LogP contribution in [0.15, 0.2) is 46.7 Å². The van der Waals surface area contributed by atoms with E-state index in [1.165, 1.54) is 6.21 Å². The fourth-order valence-electron chi connectivity index (χ4n) is 2.65. The first kappa shape index (κ1) is 19.8. The van der Waals surface area contributed by atoms with Crippen molar-refractivity contribution in [2.75, 3.05) is 14.2 Å². The van der Waals surface area contributed by atoms with E-state index in [2.05, 4.69) is 34.3 Å². The maximum absolute atomic E-state index is 12.4. The van der Waals surface area contributed by atoms with Gasteiger partial charge in [0.1, 0.15) is 0 Å². The van der Waals surface area contributed by atoms with Gasteiger partial charge in [0.2, 0.25) is 0 Å². The van der Waals surface area contributed by atoms with Gasteiger partial charge in [0.25, 0.3) is 5.91 Å². The zero-order valence-corrected chi connectivity index (χ0v) is 17.0. The van der Waals surface area contributed by atoms with Crippen molar-refractivity contribution >= 4 is 34.9 Å². The number of ether oxygens (including phenoxy) is 2. The molecule has 0 saturated carbocycles. The van der Waals surface area contributed by atoms with Crippen molar-refractivity contribution in [1.29, 1.82) is 0 Å². The lowest BCUT2D eigenvalue weighted by Gasteiger charge is -2.09. The molecule has 8 heteroatoms. The zero-order chi connectivity index (χ0) is 20.1. The number of hydrogen-bond acceptors (Lipinski definition) is 6. The van der Waals surface area contributed by atoms with Crippen LogP contribution < -0.4 is 14.9 Å². The maximum atomic E-state index is 12.4. The van der Waals surface area contributed by atoms with E-state index in [-0.39, 0.29) is 5.91 Å². The summed E-state index contributed by atoms with van der Waals surface area (Å²) in [5, 5.41) is 5.30. The summed E-state index contributed by atoms with van der Waals surface area (Å²) in [6.45, 7) is 4.21. The van der Waals surface area contributed by atoms with Crippen LogP contribution in [0.4, 0.5) is 0 Å². The standard InChI is InChI=1S/C20H22N4O3S/c1-12(2)28-20-22-15-9-8-13(10-16(15)23-20)19(25)24-21-11-14-6-5-7-17(26-3)18(14)27-4/h5-12H,1-4H3,(H,22,23)(H,24,25)/b21-11-. The van der Waals surface area contributed by atoms with Gasteiger partial charge in [0, 0.05) is 16.4 Å². The molecule has 0 aliphatic rings. The number of nitrogens with one attached hydrogen (secondary N) is 2. The van der Waals surface area contributed by atoms with E-state index in [1.807, 2.05) is 18.2 Å². The summed E-state index contributed by atoms with van der Waals surface area (Å²) >= 11 is 1.64. The first-order valence-corrected chi connectivity index (χ1v) is 9.60. The van der Waals surface area contributed by atoms with Gasteiger partial charge in [-0.25, -0.2) is 10.4 Å². The van der Waals surface area contributed by atoms with Crippen LogP contribution in [0.2, 0.25) is 0 Å². The zero-order valence-electron chi connectivity index (χ0n) is 16.1. The van der Waals surface area contributed by atoms with E-state index in [4.69, 9.17) is 9.47 Å². The number of carbonyl (C=O) groups excluding carboxylic acids is 1. The molecule has 1 aromatic heterocycles. The summed E-state index contributed by atoms with van der Waals surface area (Å²) in [5.41, 5.74) is 5.36. The number of thioether (sulfide) groups is 1. The summed E-state index contributed by atoms with van der Waals surface area (Å²) in [7, 11) is 3.12. The van der Waals surface area contributed by atoms with Crippen LogP contribution in [0, 0.1) is 0 Å². The Morgan fingerprint density at radius 1 is 1.25 bits per heavy atom. The van der Waals surface area contributed by atoms with Crippen molar-refractivity contribution in [3.63, 3.8) is 0 Å². The molecule has 0 atom stereocenters. The Morgan fingerprint density at radius 3 is 2.79 bits per heavy atom. The van der Waals surface area contributed by atoms with E-state index in [9.17, 15) is 4.79 Å². The molecule has 0 spiro atoms. The number of nitrogens with zero attached hydrogens (tertiary/aromatic N) is 2.